The molecule has 0 saturated heterocycles. The Morgan fingerprint density at radius 3 is 2.81 bits per heavy atom. The summed E-state index contributed by atoms with van der Waals surface area (Å²) in [4.78, 5) is 34.0. The molecule has 0 fully saturated rings. The van der Waals surface area contributed by atoms with Gasteiger partial charge in [0.2, 0.25) is 5.43 Å². The average Bonchev–Trinajstić information content (AvgIpc) is 2.63. The first kappa shape index (κ1) is 17.4. The fraction of sp³-hybridized carbons (Fsp3) is 0. The number of carbonyl (C=O) groups is 1. The van der Waals surface area contributed by atoms with E-state index in [-0.39, 0.29) is 32.9 Å². The lowest BCUT2D eigenvalue weighted by molar-refractivity contribution is -0.384. The Morgan fingerprint density at radius 1 is 1.23 bits per heavy atom. The van der Waals surface area contributed by atoms with E-state index in [0.717, 1.165) is 12.3 Å². The molecular weight excluding hydrogens is 362 g/mol. The fourth-order valence-electron chi connectivity index (χ4n) is 2.21. The van der Waals surface area contributed by atoms with Crippen LogP contribution in [0.25, 0.3) is 17.0 Å². The number of esters is 1. The third-order valence-corrected chi connectivity index (χ3v) is 3.68. The molecule has 0 radical (unpaired) electrons. The summed E-state index contributed by atoms with van der Waals surface area (Å²) in [7, 11) is 0. The van der Waals surface area contributed by atoms with E-state index in [0.29, 0.717) is 5.56 Å². The van der Waals surface area contributed by atoms with Gasteiger partial charge in [0, 0.05) is 24.3 Å². The number of benzene rings is 2. The molecule has 26 heavy (non-hydrogen) atoms. The lowest BCUT2D eigenvalue weighted by Crippen LogP contribution is -2.05. The van der Waals surface area contributed by atoms with Crippen LogP contribution in [0.1, 0.15) is 5.56 Å². The summed E-state index contributed by atoms with van der Waals surface area (Å²) in [5, 5.41) is 11.0. The van der Waals surface area contributed by atoms with Gasteiger partial charge in [-0.15, -0.1) is 0 Å². The van der Waals surface area contributed by atoms with E-state index >= 15 is 0 Å². The van der Waals surface area contributed by atoms with Crippen molar-refractivity contribution >= 4 is 40.3 Å². The zero-order valence-electron chi connectivity index (χ0n) is 13.0. The predicted octanol–water partition coefficient (Wildman–Crippen LogP) is 3.97. The first-order valence-corrected chi connectivity index (χ1v) is 7.67. The number of fused-ring (bicyclic) bond motifs is 1. The third kappa shape index (κ3) is 3.79. The largest absolute Gasteiger partial charge is 0.462 e. The molecule has 0 aliphatic rings. The Hall–Kier alpha value is -3.45. The summed E-state index contributed by atoms with van der Waals surface area (Å²) < 4.78 is 10.3. The smallest absolute Gasteiger partial charge is 0.336 e. The van der Waals surface area contributed by atoms with Crippen LogP contribution in [0.2, 0.25) is 5.02 Å². The standard InChI is InChI=1S/C18H10ClNO6/c19-15-10-25-16-9-13(5-6-14(16)18(15)22)26-17(21)7-4-11-2-1-3-12(8-11)20(23)24/h1-10H/b7-4+. The molecule has 130 valence electrons. The van der Waals surface area contributed by atoms with Crippen molar-refractivity contribution in [2.45, 2.75) is 0 Å². The third-order valence-electron chi connectivity index (χ3n) is 3.42. The molecule has 7 nitrogen and oxygen atoms in total. The van der Waals surface area contributed by atoms with Gasteiger partial charge in [0.25, 0.3) is 5.69 Å². The van der Waals surface area contributed by atoms with Gasteiger partial charge in [-0.3, -0.25) is 14.9 Å². The monoisotopic (exact) mass is 371 g/mol. The van der Waals surface area contributed by atoms with E-state index in [1.165, 1.54) is 42.5 Å². The molecular formula is C18H10ClNO6. The van der Waals surface area contributed by atoms with E-state index in [4.69, 9.17) is 20.8 Å². The van der Waals surface area contributed by atoms with Gasteiger partial charge < -0.3 is 9.15 Å². The number of non-ortho nitro benzene ring substituents is 1. The second kappa shape index (κ2) is 7.20. The first-order chi connectivity index (χ1) is 12.4. The van der Waals surface area contributed by atoms with Crippen LogP contribution in [0.3, 0.4) is 0 Å². The number of nitrogens with zero attached hydrogens (tertiary/aromatic N) is 1. The number of hydrogen-bond acceptors (Lipinski definition) is 6. The zero-order chi connectivity index (χ0) is 18.7. The Labute approximate surface area is 151 Å². The minimum absolute atomic E-state index is 0.0397. The number of hydrogen-bond donors (Lipinski definition) is 0. The van der Waals surface area contributed by atoms with E-state index in [9.17, 15) is 19.7 Å². The van der Waals surface area contributed by atoms with Crippen molar-refractivity contribution in [1.82, 2.24) is 0 Å². The lowest BCUT2D eigenvalue weighted by atomic mass is 10.2. The van der Waals surface area contributed by atoms with Crippen LogP contribution in [0.15, 0.2) is 64.0 Å². The number of ether oxygens (including phenoxy) is 1. The van der Waals surface area contributed by atoms with Gasteiger partial charge in [0.15, 0.2) is 0 Å². The Bertz CT molecular complexity index is 1100. The number of halogens is 1. The highest BCUT2D eigenvalue weighted by atomic mass is 35.5. The quantitative estimate of drug-likeness (QED) is 0.226. The normalized spacial score (nSPS) is 11.0. The van der Waals surface area contributed by atoms with Crippen LogP contribution in [0.4, 0.5) is 5.69 Å². The highest BCUT2D eigenvalue weighted by Gasteiger charge is 2.08. The Balaban J connectivity index is 1.77. The van der Waals surface area contributed by atoms with Gasteiger partial charge in [0.1, 0.15) is 22.6 Å². The number of rotatable bonds is 4. The maximum absolute atomic E-state index is 11.9. The molecule has 0 aliphatic heterocycles. The topological polar surface area (TPSA) is 99.6 Å². The molecule has 1 heterocycles. The molecule has 1 aromatic heterocycles. The van der Waals surface area contributed by atoms with E-state index in [1.54, 1.807) is 6.07 Å². The molecule has 0 aliphatic carbocycles. The number of nitro groups is 1. The minimum atomic E-state index is -0.688. The molecule has 3 rings (SSSR count). The molecule has 8 heteroatoms. The van der Waals surface area contributed by atoms with E-state index in [1.807, 2.05) is 0 Å². The number of carbonyl (C=O) groups excluding carboxylic acids is 1. The first-order valence-electron chi connectivity index (χ1n) is 7.29. The zero-order valence-corrected chi connectivity index (χ0v) is 13.8. The molecule has 0 N–H and O–H groups in total. The SMILES string of the molecule is O=C(/C=C/c1cccc([N+](=O)[O-])c1)Oc1ccc2c(=O)c(Cl)coc2c1. The second-order valence-electron chi connectivity index (χ2n) is 5.18. The van der Waals surface area contributed by atoms with Gasteiger partial charge in [-0.1, -0.05) is 23.7 Å². The minimum Gasteiger partial charge on any atom is -0.462 e. The Morgan fingerprint density at radius 2 is 2.04 bits per heavy atom. The predicted molar refractivity (Wildman–Crippen MR) is 95.3 cm³/mol. The Kier molecular flexibility index (Phi) is 4.81. The van der Waals surface area contributed by atoms with Crippen LogP contribution in [0.5, 0.6) is 5.75 Å². The van der Waals surface area contributed by atoms with Crippen LogP contribution >= 0.6 is 11.6 Å². The molecule has 0 atom stereocenters. The highest BCUT2D eigenvalue weighted by molar-refractivity contribution is 6.30. The van der Waals surface area contributed by atoms with Crippen LogP contribution in [0, 0.1) is 10.1 Å². The molecule has 0 bridgehead atoms. The molecule has 0 unspecified atom stereocenters. The van der Waals surface area contributed by atoms with Crippen molar-refractivity contribution in [1.29, 1.82) is 0 Å². The summed E-state index contributed by atoms with van der Waals surface area (Å²) in [6.07, 6.45) is 3.65. The molecule has 3 aromatic rings. The van der Waals surface area contributed by atoms with Gasteiger partial charge in [-0.05, 0) is 23.8 Å². The van der Waals surface area contributed by atoms with Gasteiger partial charge in [-0.2, -0.15) is 0 Å². The summed E-state index contributed by atoms with van der Waals surface area (Å²) in [5.41, 5.74) is 0.253. The van der Waals surface area contributed by atoms with Crippen molar-refractivity contribution < 1.29 is 18.9 Å². The lowest BCUT2D eigenvalue weighted by Gasteiger charge is -2.03. The van der Waals surface area contributed by atoms with Crippen molar-refractivity contribution in [3.63, 3.8) is 0 Å². The second-order valence-corrected chi connectivity index (χ2v) is 5.58. The van der Waals surface area contributed by atoms with Gasteiger partial charge in [0.05, 0.1) is 10.3 Å². The van der Waals surface area contributed by atoms with Crippen molar-refractivity contribution in [2.75, 3.05) is 0 Å². The molecule has 0 amide bonds. The summed E-state index contributed by atoms with van der Waals surface area (Å²) in [6, 6.07) is 10.1. The van der Waals surface area contributed by atoms with Gasteiger partial charge in [-0.25, -0.2) is 4.79 Å². The van der Waals surface area contributed by atoms with E-state index < -0.39 is 10.9 Å². The van der Waals surface area contributed by atoms with Crippen LogP contribution in [-0.4, -0.2) is 10.9 Å². The maximum Gasteiger partial charge on any atom is 0.336 e. The van der Waals surface area contributed by atoms with Crippen LogP contribution in [-0.2, 0) is 4.79 Å². The van der Waals surface area contributed by atoms with Crippen molar-refractivity contribution in [3.8, 4) is 5.75 Å². The molecule has 0 saturated carbocycles. The summed E-state index contributed by atoms with van der Waals surface area (Å²) >= 11 is 5.70. The molecule has 0 spiro atoms. The number of nitro benzene ring substituents is 1. The van der Waals surface area contributed by atoms with Crippen molar-refractivity contribution in [2.24, 2.45) is 0 Å². The summed E-state index contributed by atoms with van der Waals surface area (Å²) in [5.74, 6) is -0.510. The molecule has 2 aromatic carbocycles. The maximum atomic E-state index is 11.9. The highest BCUT2D eigenvalue weighted by Crippen LogP contribution is 2.21. The van der Waals surface area contributed by atoms with Gasteiger partial charge >= 0.3 is 5.97 Å². The van der Waals surface area contributed by atoms with Crippen LogP contribution < -0.4 is 10.2 Å². The average molecular weight is 372 g/mol. The fourth-order valence-corrected chi connectivity index (χ4v) is 2.35. The van der Waals surface area contributed by atoms with E-state index in [2.05, 4.69) is 0 Å². The van der Waals surface area contributed by atoms with Crippen molar-refractivity contribution in [3.05, 3.63) is 85.7 Å². The summed E-state index contributed by atoms with van der Waals surface area (Å²) in [6.45, 7) is 0.